The number of alkyl halides is 1. The highest BCUT2D eigenvalue weighted by Crippen LogP contribution is 2.35. The summed E-state index contributed by atoms with van der Waals surface area (Å²) >= 11 is 6.26. The first-order valence-electron chi connectivity index (χ1n) is 4.58. The standard InChI is InChI=1S/C11H10ClN/c12-10-5-7-13-6-4-8-2-1-3-9(10)11(8)13/h1-4,6,10H,5,7H2. The fraction of sp³-hybridized carbons (Fsp3) is 0.273. The van der Waals surface area contributed by atoms with Gasteiger partial charge in [0.05, 0.1) is 10.9 Å². The summed E-state index contributed by atoms with van der Waals surface area (Å²) in [6.45, 7) is 1.05. The van der Waals surface area contributed by atoms with E-state index in [0.717, 1.165) is 13.0 Å². The number of rotatable bonds is 0. The number of hydrogen-bond donors (Lipinski definition) is 0. The van der Waals surface area contributed by atoms with Gasteiger partial charge in [0.25, 0.3) is 0 Å². The highest BCUT2D eigenvalue weighted by atomic mass is 35.5. The van der Waals surface area contributed by atoms with Crippen molar-refractivity contribution in [1.82, 2.24) is 4.57 Å². The normalized spacial score (nSPS) is 20.8. The van der Waals surface area contributed by atoms with E-state index >= 15 is 0 Å². The van der Waals surface area contributed by atoms with E-state index in [1.54, 1.807) is 0 Å². The van der Waals surface area contributed by atoms with Gasteiger partial charge in [-0.15, -0.1) is 11.6 Å². The Morgan fingerprint density at radius 2 is 2.23 bits per heavy atom. The largest absolute Gasteiger partial charge is 0.347 e. The van der Waals surface area contributed by atoms with Gasteiger partial charge in [0.2, 0.25) is 0 Å². The molecule has 0 bridgehead atoms. The van der Waals surface area contributed by atoms with Gasteiger partial charge in [0.1, 0.15) is 0 Å². The number of aryl methyl sites for hydroxylation is 1. The van der Waals surface area contributed by atoms with Gasteiger partial charge in [-0.2, -0.15) is 0 Å². The average molecular weight is 192 g/mol. The molecule has 1 aromatic heterocycles. The first-order chi connectivity index (χ1) is 6.36. The van der Waals surface area contributed by atoms with Gasteiger partial charge in [0, 0.05) is 12.7 Å². The number of aromatic nitrogens is 1. The van der Waals surface area contributed by atoms with Crippen molar-refractivity contribution < 1.29 is 0 Å². The summed E-state index contributed by atoms with van der Waals surface area (Å²) in [4.78, 5) is 0. The summed E-state index contributed by atoms with van der Waals surface area (Å²) in [5.74, 6) is 0. The molecule has 0 saturated carbocycles. The molecule has 0 saturated heterocycles. The van der Waals surface area contributed by atoms with Gasteiger partial charge in [-0.3, -0.25) is 0 Å². The fourth-order valence-electron chi connectivity index (χ4n) is 2.14. The van der Waals surface area contributed by atoms with E-state index in [-0.39, 0.29) is 5.38 Å². The molecule has 0 N–H and O–H groups in total. The lowest BCUT2D eigenvalue weighted by atomic mass is 10.0. The van der Waals surface area contributed by atoms with Crippen molar-refractivity contribution in [2.24, 2.45) is 0 Å². The molecule has 1 aromatic carbocycles. The topological polar surface area (TPSA) is 4.93 Å². The fourth-order valence-corrected chi connectivity index (χ4v) is 2.41. The van der Waals surface area contributed by atoms with Crippen molar-refractivity contribution in [1.29, 1.82) is 0 Å². The van der Waals surface area contributed by atoms with Crippen LogP contribution in [0.25, 0.3) is 10.9 Å². The van der Waals surface area contributed by atoms with Gasteiger partial charge < -0.3 is 4.57 Å². The van der Waals surface area contributed by atoms with Crippen LogP contribution in [0.4, 0.5) is 0 Å². The monoisotopic (exact) mass is 191 g/mol. The minimum absolute atomic E-state index is 0.200. The molecule has 1 aliphatic heterocycles. The van der Waals surface area contributed by atoms with Gasteiger partial charge in [-0.1, -0.05) is 18.2 Å². The highest BCUT2D eigenvalue weighted by Gasteiger charge is 2.18. The summed E-state index contributed by atoms with van der Waals surface area (Å²) in [6, 6.07) is 8.52. The van der Waals surface area contributed by atoms with E-state index in [1.807, 2.05) is 0 Å². The molecule has 2 aromatic rings. The zero-order chi connectivity index (χ0) is 8.84. The van der Waals surface area contributed by atoms with Crippen LogP contribution in [0.15, 0.2) is 30.5 Å². The van der Waals surface area contributed by atoms with Crippen molar-refractivity contribution in [3.05, 3.63) is 36.0 Å². The second-order valence-corrected chi connectivity index (χ2v) is 4.08. The molecular weight excluding hydrogens is 182 g/mol. The van der Waals surface area contributed by atoms with E-state index < -0.39 is 0 Å². The zero-order valence-corrected chi connectivity index (χ0v) is 7.96. The van der Waals surface area contributed by atoms with Gasteiger partial charge in [-0.25, -0.2) is 0 Å². The van der Waals surface area contributed by atoms with E-state index in [0.29, 0.717) is 0 Å². The maximum Gasteiger partial charge on any atom is 0.0622 e. The summed E-state index contributed by atoms with van der Waals surface area (Å²) in [5.41, 5.74) is 2.61. The molecule has 3 rings (SSSR count). The third-order valence-corrected chi connectivity index (χ3v) is 3.23. The molecule has 2 heterocycles. The Bertz CT molecular complexity index is 458. The quantitative estimate of drug-likeness (QED) is 0.563. The Morgan fingerprint density at radius 1 is 1.31 bits per heavy atom. The van der Waals surface area contributed by atoms with E-state index in [1.165, 1.54) is 16.5 Å². The van der Waals surface area contributed by atoms with Gasteiger partial charge in [-0.05, 0) is 23.4 Å². The lowest BCUT2D eigenvalue weighted by molar-refractivity contribution is 0.622. The third-order valence-electron chi connectivity index (χ3n) is 2.78. The minimum Gasteiger partial charge on any atom is -0.347 e. The Morgan fingerprint density at radius 3 is 3.15 bits per heavy atom. The summed E-state index contributed by atoms with van der Waals surface area (Å²) in [7, 11) is 0. The van der Waals surface area contributed by atoms with Crippen LogP contribution in [-0.2, 0) is 6.54 Å². The lowest BCUT2D eigenvalue weighted by Crippen LogP contribution is -2.08. The molecule has 66 valence electrons. The van der Waals surface area contributed by atoms with Crippen LogP contribution in [0.5, 0.6) is 0 Å². The molecule has 1 atom stereocenters. The zero-order valence-electron chi connectivity index (χ0n) is 7.20. The second kappa shape index (κ2) is 2.52. The SMILES string of the molecule is ClC1CCn2ccc3cccc1c32. The van der Waals surface area contributed by atoms with Crippen molar-refractivity contribution in [2.75, 3.05) is 0 Å². The van der Waals surface area contributed by atoms with Crippen LogP contribution in [0.3, 0.4) is 0 Å². The number of benzene rings is 1. The van der Waals surface area contributed by atoms with Crippen LogP contribution in [0, 0.1) is 0 Å². The predicted octanol–water partition coefficient (Wildman–Crippen LogP) is 3.32. The number of halogens is 1. The maximum absolute atomic E-state index is 6.26. The Hall–Kier alpha value is -0.950. The predicted molar refractivity (Wildman–Crippen MR) is 55.1 cm³/mol. The molecule has 1 aliphatic rings. The minimum atomic E-state index is 0.200. The second-order valence-electron chi connectivity index (χ2n) is 3.55. The molecule has 0 radical (unpaired) electrons. The molecule has 2 heteroatoms. The highest BCUT2D eigenvalue weighted by molar-refractivity contribution is 6.21. The summed E-state index contributed by atoms with van der Waals surface area (Å²) < 4.78 is 2.30. The first kappa shape index (κ1) is 7.45. The summed E-state index contributed by atoms with van der Waals surface area (Å²) in [6.07, 6.45) is 3.19. The van der Waals surface area contributed by atoms with Crippen molar-refractivity contribution in [3.63, 3.8) is 0 Å². The number of hydrogen-bond acceptors (Lipinski definition) is 0. The average Bonchev–Trinajstić information content (AvgIpc) is 2.57. The number of para-hydroxylation sites is 1. The van der Waals surface area contributed by atoms with Crippen LogP contribution in [0.2, 0.25) is 0 Å². The van der Waals surface area contributed by atoms with Crippen molar-refractivity contribution in [3.8, 4) is 0 Å². The molecule has 1 unspecified atom stereocenters. The molecule has 0 amide bonds. The molecule has 0 fully saturated rings. The Kier molecular flexibility index (Phi) is 1.44. The smallest absolute Gasteiger partial charge is 0.0622 e. The molecular formula is C11H10ClN. The van der Waals surface area contributed by atoms with Crippen LogP contribution in [0.1, 0.15) is 17.4 Å². The van der Waals surface area contributed by atoms with Gasteiger partial charge in [0.15, 0.2) is 0 Å². The maximum atomic E-state index is 6.26. The summed E-state index contributed by atoms with van der Waals surface area (Å²) in [5, 5.41) is 1.51. The molecule has 1 nitrogen and oxygen atoms in total. The molecule has 0 aliphatic carbocycles. The Labute approximate surface area is 81.9 Å². The Balaban J connectivity index is 2.45. The van der Waals surface area contributed by atoms with Crippen LogP contribution in [-0.4, -0.2) is 4.57 Å². The van der Waals surface area contributed by atoms with Crippen LogP contribution >= 0.6 is 11.6 Å². The van der Waals surface area contributed by atoms with Gasteiger partial charge >= 0.3 is 0 Å². The van der Waals surface area contributed by atoms with E-state index in [4.69, 9.17) is 11.6 Å². The third kappa shape index (κ3) is 0.939. The van der Waals surface area contributed by atoms with E-state index in [2.05, 4.69) is 35.0 Å². The number of nitrogens with zero attached hydrogens (tertiary/aromatic N) is 1. The molecule has 0 spiro atoms. The van der Waals surface area contributed by atoms with Crippen molar-refractivity contribution in [2.45, 2.75) is 18.3 Å². The first-order valence-corrected chi connectivity index (χ1v) is 5.02. The van der Waals surface area contributed by atoms with Crippen LogP contribution < -0.4 is 0 Å². The van der Waals surface area contributed by atoms with Crippen molar-refractivity contribution >= 4 is 22.5 Å². The lowest BCUT2D eigenvalue weighted by Gasteiger charge is -2.19. The molecule has 13 heavy (non-hydrogen) atoms. The van der Waals surface area contributed by atoms with E-state index in [9.17, 15) is 0 Å².